The molecule has 2 aromatic rings. The van der Waals surface area contributed by atoms with Gasteiger partial charge in [0.15, 0.2) is 0 Å². The van der Waals surface area contributed by atoms with Crippen LogP contribution in [0.15, 0.2) is 39.4 Å². The van der Waals surface area contributed by atoms with Crippen LogP contribution in [-0.2, 0) is 6.54 Å². The maximum atomic E-state index is 5.37. The summed E-state index contributed by atoms with van der Waals surface area (Å²) in [5.74, 6) is 1.77. The van der Waals surface area contributed by atoms with Gasteiger partial charge in [-0.05, 0) is 30.7 Å². The zero-order chi connectivity index (χ0) is 12.3. The fourth-order valence-electron chi connectivity index (χ4n) is 1.55. The van der Waals surface area contributed by atoms with Crippen LogP contribution in [0.25, 0.3) is 0 Å². The molecule has 0 fully saturated rings. The Labute approximate surface area is 109 Å². The molecule has 2 rings (SSSR count). The zero-order valence-electron chi connectivity index (χ0n) is 9.79. The second-order valence-electron chi connectivity index (χ2n) is 3.76. The Morgan fingerprint density at radius 1 is 1.35 bits per heavy atom. The molecule has 4 heteroatoms. The van der Waals surface area contributed by atoms with Gasteiger partial charge in [-0.2, -0.15) is 0 Å². The van der Waals surface area contributed by atoms with Gasteiger partial charge in [-0.15, -0.1) is 0 Å². The highest BCUT2D eigenvalue weighted by Crippen LogP contribution is 2.25. The highest BCUT2D eigenvalue weighted by molar-refractivity contribution is 9.10. The van der Waals surface area contributed by atoms with E-state index in [2.05, 4.69) is 21.2 Å². The smallest absolute Gasteiger partial charge is 0.125 e. The molecular weight excluding hydrogens is 282 g/mol. The monoisotopic (exact) mass is 295 g/mol. The Hall–Kier alpha value is -1.42. The molecule has 0 aliphatic rings. The van der Waals surface area contributed by atoms with Crippen molar-refractivity contribution >= 4 is 21.6 Å². The minimum absolute atomic E-state index is 0.665. The van der Waals surface area contributed by atoms with E-state index in [0.29, 0.717) is 6.54 Å². The summed E-state index contributed by atoms with van der Waals surface area (Å²) in [6.07, 6.45) is 1.70. The van der Waals surface area contributed by atoms with Gasteiger partial charge >= 0.3 is 0 Å². The summed E-state index contributed by atoms with van der Waals surface area (Å²) in [5, 5.41) is 3.30. The second-order valence-corrected chi connectivity index (χ2v) is 4.68. The molecule has 0 bridgehead atoms. The summed E-state index contributed by atoms with van der Waals surface area (Å²) in [4.78, 5) is 0. The number of benzene rings is 1. The number of rotatable bonds is 4. The van der Waals surface area contributed by atoms with E-state index in [1.165, 1.54) is 0 Å². The number of nitrogens with one attached hydrogen (secondary N) is 1. The van der Waals surface area contributed by atoms with Gasteiger partial charge in [0.25, 0.3) is 0 Å². The lowest BCUT2D eigenvalue weighted by Crippen LogP contribution is -1.99. The third-order valence-corrected chi connectivity index (χ3v) is 2.99. The molecule has 0 spiro atoms. The zero-order valence-corrected chi connectivity index (χ0v) is 11.4. The van der Waals surface area contributed by atoms with Crippen molar-refractivity contribution in [1.29, 1.82) is 0 Å². The molecule has 1 heterocycles. The van der Waals surface area contributed by atoms with E-state index < -0.39 is 0 Å². The van der Waals surface area contributed by atoms with Crippen LogP contribution in [0.2, 0.25) is 0 Å². The highest BCUT2D eigenvalue weighted by atomic mass is 79.9. The SMILES string of the molecule is COc1cc(Br)cc(NCc2occc2C)c1. The van der Waals surface area contributed by atoms with Crippen molar-refractivity contribution in [2.75, 3.05) is 12.4 Å². The van der Waals surface area contributed by atoms with Crippen LogP contribution >= 0.6 is 15.9 Å². The Morgan fingerprint density at radius 3 is 2.82 bits per heavy atom. The van der Waals surface area contributed by atoms with Crippen molar-refractivity contribution in [1.82, 2.24) is 0 Å². The van der Waals surface area contributed by atoms with Crippen LogP contribution < -0.4 is 10.1 Å². The van der Waals surface area contributed by atoms with Gasteiger partial charge in [-0.1, -0.05) is 15.9 Å². The fraction of sp³-hybridized carbons (Fsp3) is 0.231. The molecule has 0 aliphatic heterocycles. The van der Waals surface area contributed by atoms with Gasteiger partial charge in [0, 0.05) is 16.2 Å². The minimum Gasteiger partial charge on any atom is -0.497 e. The van der Waals surface area contributed by atoms with Crippen molar-refractivity contribution in [3.8, 4) is 5.75 Å². The lowest BCUT2D eigenvalue weighted by molar-refractivity contribution is 0.414. The van der Waals surface area contributed by atoms with Crippen molar-refractivity contribution < 1.29 is 9.15 Å². The molecule has 1 aromatic carbocycles. The van der Waals surface area contributed by atoms with E-state index in [4.69, 9.17) is 9.15 Å². The Kier molecular flexibility index (Phi) is 3.74. The van der Waals surface area contributed by atoms with Crippen LogP contribution in [0.1, 0.15) is 11.3 Å². The number of hydrogen-bond acceptors (Lipinski definition) is 3. The molecule has 1 N–H and O–H groups in total. The topological polar surface area (TPSA) is 34.4 Å². The van der Waals surface area contributed by atoms with E-state index in [9.17, 15) is 0 Å². The maximum Gasteiger partial charge on any atom is 0.125 e. The molecule has 0 saturated carbocycles. The van der Waals surface area contributed by atoms with E-state index in [1.807, 2.05) is 31.2 Å². The molecule has 0 amide bonds. The molecule has 0 atom stereocenters. The van der Waals surface area contributed by atoms with E-state index in [1.54, 1.807) is 13.4 Å². The predicted molar refractivity (Wildman–Crippen MR) is 71.5 cm³/mol. The third kappa shape index (κ3) is 3.03. The summed E-state index contributed by atoms with van der Waals surface area (Å²) < 4.78 is 11.6. The summed E-state index contributed by atoms with van der Waals surface area (Å²) in [6, 6.07) is 7.83. The Morgan fingerprint density at radius 2 is 2.18 bits per heavy atom. The molecular formula is C13H14BrNO2. The first kappa shape index (κ1) is 12.0. The summed E-state index contributed by atoms with van der Waals surface area (Å²) in [6.45, 7) is 2.69. The number of halogens is 1. The van der Waals surface area contributed by atoms with E-state index in [0.717, 1.165) is 27.2 Å². The fourth-order valence-corrected chi connectivity index (χ4v) is 2.02. The second kappa shape index (κ2) is 5.27. The van der Waals surface area contributed by atoms with Crippen LogP contribution in [0, 0.1) is 6.92 Å². The summed E-state index contributed by atoms with van der Waals surface area (Å²) in [7, 11) is 1.65. The molecule has 17 heavy (non-hydrogen) atoms. The van der Waals surface area contributed by atoms with Gasteiger partial charge in [-0.3, -0.25) is 0 Å². The third-order valence-electron chi connectivity index (χ3n) is 2.53. The quantitative estimate of drug-likeness (QED) is 0.927. The van der Waals surface area contributed by atoms with Crippen LogP contribution in [-0.4, -0.2) is 7.11 Å². The van der Waals surface area contributed by atoms with Crippen molar-refractivity contribution in [3.63, 3.8) is 0 Å². The molecule has 0 radical (unpaired) electrons. The largest absolute Gasteiger partial charge is 0.497 e. The molecule has 1 aromatic heterocycles. The van der Waals surface area contributed by atoms with Crippen molar-refractivity contribution in [3.05, 3.63) is 46.3 Å². The number of anilines is 1. The van der Waals surface area contributed by atoms with Gasteiger partial charge in [0.1, 0.15) is 11.5 Å². The normalized spacial score (nSPS) is 10.3. The first-order valence-electron chi connectivity index (χ1n) is 5.30. The standard InChI is InChI=1S/C13H14BrNO2/c1-9-3-4-17-13(9)8-15-11-5-10(14)6-12(7-11)16-2/h3-7,15H,8H2,1-2H3. The predicted octanol–water partition coefficient (Wildman–Crippen LogP) is 3.97. The number of hydrogen-bond donors (Lipinski definition) is 1. The molecule has 0 aliphatic carbocycles. The Bertz CT molecular complexity index is 508. The van der Waals surface area contributed by atoms with Crippen LogP contribution in [0.5, 0.6) is 5.75 Å². The maximum absolute atomic E-state index is 5.37. The van der Waals surface area contributed by atoms with Gasteiger partial charge < -0.3 is 14.5 Å². The molecule has 0 saturated heterocycles. The summed E-state index contributed by atoms with van der Waals surface area (Å²) >= 11 is 3.44. The number of ether oxygens (including phenoxy) is 1. The highest BCUT2D eigenvalue weighted by Gasteiger charge is 2.03. The molecule has 90 valence electrons. The number of methoxy groups -OCH3 is 1. The van der Waals surface area contributed by atoms with Crippen molar-refractivity contribution in [2.24, 2.45) is 0 Å². The first-order valence-corrected chi connectivity index (χ1v) is 6.10. The molecule has 0 unspecified atom stereocenters. The lowest BCUT2D eigenvalue weighted by atomic mass is 10.2. The van der Waals surface area contributed by atoms with Crippen LogP contribution in [0.4, 0.5) is 5.69 Å². The van der Waals surface area contributed by atoms with Crippen molar-refractivity contribution in [2.45, 2.75) is 13.5 Å². The number of aryl methyl sites for hydroxylation is 1. The average molecular weight is 296 g/mol. The minimum atomic E-state index is 0.665. The van der Waals surface area contributed by atoms with Crippen LogP contribution in [0.3, 0.4) is 0 Å². The van der Waals surface area contributed by atoms with Gasteiger partial charge in [-0.25, -0.2) is 0 Å². The summed E-state index contributed by atoms with van der Waals surface area (Å²) in [5.41, 5.74) is 2.14. The molecule has 3 nitrogen and oxygen atoms in total. The van der Waals surface area contributed by atoms with Gasteiger partial charge in [0.2, 0.25) is 0 Å². The van der Waals surface area contributed by atoms with E-state index in [-0.39, 0.29) is 0 Å². The Balaban J connectivity index is 2.09. The lowest BCUT2D eigenvalue weighted by Gasteiger charge is -2.08. The first-order chi connectivity index (χ1) is 8.19. The number of furan rings is 1. The average Bonchev–Trinajstić information content (AvgIpc) is 2.71. The van der Waals surface area contributed by atoms with E-state index >= 15 is 0 Å². The van der Waals surface area contributed by atoms with Gasteiger partial charge in [0.05, 0.1) is 19.9 Å².